The molecule has 0 radical (unpaired) electrons. The highest BCUT2D eigenvalue weighted by Crippen LogP contribution is 2.19. The molecule has 2 aromatic rings. The van der Waals surface area contributed by atoms with Gasteiger partial charge in [-0.15, -0.1) is 5.10 Å². The molecule has 2 rings (SSSR count). The second-order valence-electron chi connectivity index (χ2n) is 3.69. The fraction of sp³-hybridized carbons (Fsp3) is 0.364. The van der Waals surface area contributed by atoms with Gasteiger partial charge in [0.2, 0.25) is 0 Å². The van der Waals surface area contributed by atoms with Crippen molar-refractivity contribution in [3.05, 3.63) is 29.3 Å². The van der Waals surface area contributed by atoms with Gasteiger partial charge in [0.05, 0.1) is 0 Å². The molecule has 78 valence electrons. The first kappa shape index (κ1) is 9.83. The van der Waals surface area contributed by atoms with Crippen molar-refractivity contribution >= 4 is 0 Å². The van der Waals surface area contributed by atoms with Crippen molar-refractivity contribution < 1.29 is 0 Å². The van der Waals surface area contributed by atoms with Crippen LogP contribution in [0.25, 0.3) is 11.4 Å². The van der Waals surface area contributed by atoms with Gasteiger partial charge < -0.3 is 0 Å². The summed E-state index contributed by atoms with van der Waals surface area (Å²) >= 11 is 0. The fourth-order valence-electron chi connectivity index (χ4n) is 1.67. The molecule has 1 heterocycles. The van der Waals surface area contributed by atoms with Crippen LogP contribution in [-0.4, -0.2) is 20.2 Å². The van der Waals surface area contributed by atoms with Crippen LogP contribution < -0.4 is 0 Å². The summed E-state index contributed by atoms with van der Waals surface area (Å²) in [5.41, 5.74) is 3.64. The molecule has 0 aliphatic heterocycles. The summed E-state index contributed by atoms with van der Waals surface area (Å²) in [6.45, 7) is 4.24. The van der Waals surface area contributed by atoms with Gasteiger partial charge >= 0.3 is 0 Å². The number of rotatable bonds is 2. The Hall–Kier alpha value is -1.71. The second-order valence-corrected chi connectivity index (χ2v) is 3.69. The van der Waals surface area contributed by atoms with Crippen molar-refractivity contribution in [1.29, 1.82) is 0 Å². The highest BCUT2D eigenvalue weighted by atomic mass is 15.5. The summed E-state index contributed by atoms with van der Waals surface area (Å²) in [6, 6.07) is 6.43. The Morgan fingerprint density at radius 2 is 2.07 bits per heavy atom. The first-order valence-electron chi connectivity index (χ1n) is 5.04. The molecular weight excluding hydrogens is 188 g/mol. The van der Waals surface area contributed by atoms with Crippen molar-refractivity contribution in [1.82, 2.24) is 20.2 Å². The molecule has 0 amide bonds. The average molecular weight is 202 g/mol. The maximum atomic E-state index is 4.00. The molecule has 0 saturated carbocycles. The Bertz CT molecular complexity index is 473. The second kappa shape index (κ2) is 3.81. The van der Waals surface area contributed by atoms with Crippen LogP contribution in [0.5, 0.6) is 0 Å². The van der Waals surface area contributed by atoms with E-state index < -0.39 is 0 Å². The maximum Gasteiger partial charge on any atom is 0.181 e. The molecule has 0 atom stereocenters. The van der Waals surface area contributed by atoms with Gasteiger partial charge in [0.15, 0.2) is 5.82 Å². The van der Waals surface area contributed by atoms with Crippen LogP contribution in [0.3, 0.4) is 0 Å². The van der Waals surface area contributed by atoms with Crippen LogP contribution in [0, 0.1) is 6.92 Å². The van der Waals surface area contributed by atoms with E-state index >= 15 is 0 Å². The first-order chi connectivity index (χ1) is 7.20. The lowest BCUT2D eigenvalue weighted by Crippen LogP contribution is -1.95. The van der Waals surface area contributed by atoms with E-state index in [1.54, 1.807) is 4.68 Å². The Kier molecular flexibility index (Phi) is 2.49. The number of aryl methyl sites for hydroxylation is 3. The van der Waals surface area contributed by atoms with E-state index in [2.05, 4.69) is 47.6 Å². The van der Waals surface area contributed by atoms with Crippen molar-refractivity contribution in [3.8, 4) is 11.4 Å². The van der Waals surface area contributed by atoms with E-state index in [9.17, 15) is 0 Å². The lowest BCUT2D eigenvalue weighted by Gasteiger charge is -2.04. The van der Waals surface area contributed by atoms with Gasteiger partial charge in [0, 0.05) is 12.6 Å². The van der Waals surface area contributed by atoms with Crippen LogP contribution in [0.2, 0.25) is 0 Å². The summed E-state index contributed by atoms with van der Waals surface area (Å²) in [7, 11) is 1.85. The minimum atomic E-state index is 0.813. The molecule has 0 N–H and O–H groups in total. The zero-order valence-electron chi connectivity index (χ0n) is 9.23. The van der Waals surface area contributed by atoms with E-state index in [1.165, 1.54) is 11.1 Å². The SMILES string of the molecule is CCc1cc(C)cc(-c2nnnn2C)c1. The van der Waals surface area contributed by atoms with Gasteiger partial charge in [-0.25, -0.2) is 4.68 Å². The fourth-order valence-corrected chi connectivity index (χ4v) is 1.67. The third kappa shape index (κ3) is 1.88. The number of tetrazole rings is 1. The molecule has 0 fully saturated rings. The van der Waals surface area contributed by atoms with Crippen molar-refractivity contribution in [2.75, 3.05) is 0 Å². The van der Waals surface area contributed by atoms with Crippen LogP contribution in [0.4, 0.5) is 0 Å². The number of nitrogens with zero attached hydrogens (tertiary/aromatic N) is 4. The van der Waals surface area contributed by atoms with Gasteiger partial charge in [-0.05, 0) is 41.5 Å². The first-order valence-corrected chi connectivity index (χ1v) is 5.04. The highest BCUT2D eigenvalue weighted by molar-refractivity contribution is 5.57. The third-order valence-corrected chi connectivity index (χ3v) is 2.42. The summed E-state index contributed by atoms with van der Waals surface area (Å²) < 4.78 is 1.69. The lowest BCUT2D eigenvalue weighted by atomic mass is 10.0. The van der Waals surface area contributed by atoms with E-state index in [0.717, 1.165) is 17.8 Å². The molecule has 4 heteroatoms. The van der Waals surface area contributed by atoms with Crippen LogP contribution in [-0.2, 0) is 13.5 Å². The quantitative estimate of drug-likeness (QED) is 0.745. The Balaban J connectivity index is 2.53. The van der Waals surface area contributed by atoms with Gasteiger partial charge in [-0.3, -0.25) is 0 Å². The van der Waals surface area contributed by atoms with E-state index in [-0.39, 0.29) is 0 Å². The number of aromatic nitrogens is 4. The topological polar surface area (TPSA) is 43.6 Å². The van der Waals surface area contributed by atoms with Gasteiger partial charge in [0.25, 0.3) is 0 Å². The molecule has 0 unspecified atom stereocenters. The molecule has 0 saturated heterocycles. The number of benzene rings is 1. The molecule has 0 bridgehead atoms. The van der Waals surface area contributed by atoms with Crippen molar-refractivity contribution in [2.24, 2.45) is 7.05 Å². The Morgan fingerprint density at radius 3 is 2.67 bits per heavy atom. The lowest BCUT2D eigenvalue weighted by molar-refractivity contribution is 0.714. The van der Waals surface area contributed by atoms with E-state index in [1.807, 2.05) is 7.05 Å². The molecule has 0 aliphatic rings. The molecule has 0 aliphatic carbocycles. The zero-order valence-corrected chi connectivity index (χ0v) is 9.23. The van der Waals surface area contributed by atoms with Crippen molar-refractivity contribution in [2.45, 2.75) is 20.3 Å². The largest absolute Gasteiger partial charge is 0.229 e. The molecule has 15 heavy (non-hydrogen) atoms. The van der Waals surface area contributed by atoms with Crippen LogP contribution in [0.15, 0.2) is 18.2 Å². The maximum absolute atomic E-state index is 4.00. The monoisotopic (exact) mass is 202 g/mol. The summed E-state index contributed by atoms with van der Waals surface area (Å²) in [4.78, 5) is 0. The van der Waals surface area contributed by atoms with Crippen molar-refractivity contribution in [3.63, 3.8) is 0 Å². The third-order valence-electron chi connectivity index (χ3n) is 2.42. The van der Waals surface area contributed by atoms with Crippen LogP contribution in [0.1, 0.15) is 18.1 Å². The highest BCUT2D eigenvalue weighted by Gasteiger charge is 2.06. The average Bonchev–Trinajstić information content (AvgIpc) is 2.63. The molecule has 1 aromatic carbocycles. The number of hydrogen-bond donors (Lipinski definition) is 0. The summed E-state index contributed by atoms with van der Waals surface area (Å²) in [5.74, 6) is 0.813. The Morgan fingerprint density at radius 1 is 1.27 bits per heavy atom. The molecular formula is C11H14N4. The van der Waals surface area contributed by atoms with E-state index in [4.69, 9.17) is 0 Å². The van der Waals surface area contributed by atoms with Gasteiger partial charge in [-0.2, -0.15) is 0 Å². The minimum Gasteiger partial charge on any atom is -0.229 e. The summed E-state index contributed by atoms with van der Waals surface area (Å²) in [5, 5.41) is 11.5. The van der Waals surface area contributed by atoms with Gasteiger partial charge in [0.1, 0.15) is 0 Å². The van der Waals surface area contributed by atoms with E-state index in [0.29, 0.717) is 0 Å². The normalized spacial score (nSPS) is 10.6. The van der Waals surface area contributed by atoms with Crippen LogP contribution >= 0.6 is 0 Å². The number of hydrogen-bond acceptors (Lipinski definition) is 3. The standard InChI is InChI=1S/C11H14N4/c1-4-9-5-8(2)6-10(7-9)11-12-13-14-15(11)3/h5-7H,4H2,1-3H3. The predicted molar refractivity (Wildman–Crippen MR) is 58.3 cm³/mol. The molecule has 0 spiro atoms. The minimum absolute atomic E-state index is 0.813. The molecule has 1 aromatic heterocycles. The zero-order chi connectivity index (χ0) is 10.8. The smallest absolute Gasteiger partial charge is 0.181 e. The summed E-state index contributed by atoms with van der Waals surface area (Å²) in [6.07, 6.45) is 1.03. The predicted octanol–water partition coefficient (Wildman–Crippen LogP) is 1.75. The Labute approximate surface area is 88.9 Å². The van der Waals surface area contributed by atoms with Gasteiger partial charge in [-0.1, -0.05) is 18.6 Å². The molecule has 4 nitrogen and oxygen atoms in total.